The second kappa shape index (κ2) is 11.9. The lowest BCUT2D eigenvalue weighted by atomic mass is 10.1. The Morgan fingerprint density at radius 1 is 1.31 bits per heavy atom. The quantitative estimate of drug-likeness (QED) is 0.338. The first-order chi connectivity index (χ1) is 12.7. The molecule has 0 radical (unpaired) electrons. The maximum absolute atomic E-state index is 11.8. The number of carbonyl (C=O) groups excluding carboxylic acids is 1. The Hall–Kier alpha value is -1.60. The summed E-state index contributed by atoms with van der Waals surface area (Å²) in [6.45, 7) is 7.72. The monoisotopic (exact) mass is 365 g/mol. The minimum Gasteiger partial charge on any atom is -0.377 e. The molecule has 3 N–H and O–H groups in total. The van der Waals surface area contributed by atoms with Crippen LogP contribution in [-0.2, 0) is 9.53 Å². The normalized spacial score (nSPS) is 19.8. The summed E-state index contributed by atoms with van der Waals surface area (Å²) in [6.07, 6.45) is 7.31. The van der Waals surface area contributed by atoms with Gasteiger partial charge < -0.3 is 20.7 Å². The van der Waals surface area contributed by atoms with Gasteiger partial charge in [0, 0.05) is 39.3 Å². The van der Waals surface area contributed by atoms with E-state index in [1.807, 2.05) is 7.05 Å². The summed E-state index contributed by atoms with van der Waals surface area (Å²) in [5.41, 5.74) is 1.47. The van der Waals surface area contributed by atoms with Crippen molar-refractivity contribution < 1.29 is 9.53 Å². The van der Waals surface area contributed by atoms with Crippen LogP contribution < -0.4 is 16.0 Å². The molecule has 0 aromatic rings. The average Bonchev–Trinajstić information content (AvgIpc) is 2.68. The highest BCUT2D eigenvalue weighted by molar-refractivity contribution is 5.80. The molecule has 2 aliphatic heterocycles. The van der Waals surface area contributed by atoms with Crippen LogP contribution in [0.3, 0.4) is 0 Å². The number of hydrogen-bond acceptors (Lipinski definition) is 4. The SMILES string of the molecule is CCCNC(=O)CN1CCC(NC(=NC)NCCC2=CCOCC2)CC1. The third-order valence-electron chi connectivity index (χ3n) is 4.89. The molecule has 0 saturated carbocycles. The Balaban J connectivity index is 1.62. The number of guanidine groups is 1. The fourth-order valence-electron chi connectivity index (χ4n) is 3.28. The number of piperidine rings is 1. The topological polar surface area (TPSA) is 78.0 Å². The molecule has 0 atom stereocenters. The molecule has 0 aliphatic carbocycles. The number of rotatable bonds is 8. The van der Waals surface area contributed by atoms with Crippen molar-refractivity contribution in [3.63, 3.8) is 0 Å². The Morgan fingerprint density at radius 3 is 2.77 bits per heavy atom. The highest BCUT2D eigenvalue weighted by atomic mass is 16.5. The van der Waals surface area contributed by atoms with Gasteiger partial charge in [0.2, 0.25) is 5.91 Å². The van der Waals surface area contributed by atoms with Crippen LogP contribution in [0.1, 0.15) is 39.0 Å². The molecule has 2 rings (SSSR count). The van der Waals surface area contributed by atoms with Gasteiger partial charge in [-0.25, -0.2) is 0 Å². The van der Waals surface area contributed by atoms with E-state index >= 15 is 0 Å². The maximum atomic E-state index is 11.8. The van der Waals surface area contributed by atoms with Gasteiger partial charge in [-0.3, -0.25) is 14.7 Å². The number of carbonyl (C=O) groups is 1. The molecule has 2 aliphatic rings. The van der Waals surface area contributed by atoms with Crippen molar-refractivity contribution in [3.05, 3.63) is 11.6 Å². The van der Waals surface area contributed by atoms with Crippen LogP contribution in [0, 0.1) is 0 Å². The summed E-state index contributed by atoms with van der Waals surface area (Å²) in [4.78, 5) is 18.4. The van der Waals surface area contributed by atoms with Crippen LogP contribution in [0.5, 0.6) is 0 Å². The minimum absolute atomic E-state index is 0.137. The van der Waals surface area contributed by atoms with Gasteiger partial charge in [0.15, 0.2) is 5.96 Å². The lowest BCUT2D eigenvalue weighted by Crippen LogP contribution is -2.50. The van der Waals surface area contributed by atoms with Gasteiger partial charge in [-0.1, -0.05) is 18.6 Å². The number of nitrogens with zero attached hydrogens (tertiary/aromatic N) is 2. The van der Waals surface area contributed by atoms with Gasteiger partial charge >= 0.3 is 0 Å². The Bertz CT molecular complexity index is 484. The third-order valence-corrected chi connectivity index (χ3v) is 4.89. The van der Waals surface area contributed by atoms with E-state index in [9.17, 15) is 4.79 Å². The molecule has 7 nitrogen and oxygen atoms in total. The highest BCUT2D eigenvalue weighted by Gasteiger charge is 2.21. The summed E-state index contributed by atoms with van der Waals surface area (Å²) in [7, 11) is 1.82. The smallest absolute Gasteiger partial charge is 0.234 e. The van der Waals surface area contributed by atoms with Crippen molar-refractivity contribution in [1.82, 2.24) is 20.9 Å². The van der Waals surface area contributed by atoms with Crippen LogP contribution in [-0.4, -0.2) is 75.8 Å². The Labute approximate surface area is 157 Å². The fourth-order valence-corrected chi connectivity index (χ4v) is 3.28. The molecule has 0 aromatic heterocycles. The number of ether oxygens (including phenoxy) is 1. The van der Waals surface area contributed by atoms with E-state index in [1.165, 1.54) is 5.57 Å². The lowest BCUT2D eigenvalue weighted by molar-refractivity contribution is -0.122. The Morgan fingerprint density at radius 2 is 2.12 bits per heavy atom. The second-order valence-corrected chi connectivity index (χ2v) is 6.98. The standard InChI is InChI=1S/C19H35N5O2/c1-3-9-21-18(25)15-24-11-5-17(6-12-24)23-19(20-2)22-10-4-16-7-13-26-14-8-16/h7,17H,3-6,8-15H2,1-2H3,(H,21,25)(H2,20,22,23). The summed E-state index contributed by atoms with van der Waals surface area (Å²) in [5.74, 6) is 1.01. The summed E-state index contributed by atoms with van der Waals surface area (Å²) in [5, 5.41) is 9.87. The van der Waals surface area contributed by atoms with Gasteiger partial charge in [-0.2, -0.15) is 0 Å². The van der Waals surface area contributed by atoms with Crippen molar-refractivity contribution in [3.8, 4) is 0 Å². The molecular formula is C19H35N5O2. The highest BCUT2D eigenvalue weighted by Crippen LogP contribution is 2.11. The molecule has 1 saturated heterocycles. The third kappa shape index (κ3) is 7.74. The predicted octanol–water partition coefficient (Wildman–Crippen LogP) is 0.879. The molecule has 1 amide bonds. The molecule has 148 valence electrons. The lowest BCUT2D eigenvalue weighted by Gasteiger charge is -2.32. The number of nitrogens with one attached hydrogen (secondary N) is 3. The largest absolute Gasteiger partial charge is 0.377 e. The molecule has 0 unspecified atom stereocenters. The van der Waals surface area contributed by atoms with Crippen molar-refractivity contribution in [1.29, 1.82) is 0 Å². The van der Waals surface area contributed by atoms with Crippen LogP contribution in [0.15, 0.2) is 16.6 Å². The zero-order valence-corrected chi connectivity index (χ0v) is 16.4. The van der Waals surface area contributed by atoms with Gasteiger partial charge in [-0.05, 0) is 32.1 Å². The first-order valence-electron chi connectivity index (χ1n) is 9.93. The summed E-state index contributed by atoms with van der Waals surface area (Å²) >= 11 is 0. The Kier molecular flexibility index (Phi) is 9.48. The fraction of sp³-hybridized carbons (Fsp3) is 0.789. The molecule has 0 bridgehead atoms. The number of likely N-dealkylation sites (tertiary alicyclic amines) is 1. The van der Waals surface area contributed by atoms with E-state index < -0.39 is 0 Å². The molecule has 26 heavy (non-hydrogen) atoms. The van der Waals surface area contributed by atoms with Gasteiger partial charge in [0.25, 0.3) is 0 Å². The van der Waals surface area contributed by atoms with E-state index in [-0.39, 0.29) is 5.91 Å². The average molecular weight is 366 g/mol. The van der Waals surface area contributed by atoms with E-state index in [0.29, 0.717) is 12.6 Å². The first-order valence-corrected chi connectivity index (χ1v) is 9.93. The van der Waals surface area contributed by atoms with Crippen molar-refractivity contribution in [2.45, 2.75) is 45.1 Å². The second-order valence-electron chi connectivity index (χ2n) is 6.98. The van der Waals surface area contributed by atoms with Gasteiger partial charge in [0.05, 0.1) is 19.8 Å². The van der Waals surface area contributed by atoms with Crippen molar-refractivity contribution in [2.75, 3.05) is 53.0 Å². The predicted molar refractivity (Wildman–Crippen MR) is 105 cm³/mol. The van der Waals surface area contributed by atoms with Crippen LogP contribution >= 0.6 is 0 Å². The van der Waals surface area contributed by atoms with E-state index in [1.54, 1.807) is 0 Å². The maximum Gasteiger partial charge on any atom is 0.234 e. The molecule has 2 heterocycles. The van der Waals surface area contributed by atoms with E-state index in [2.05, 4.69) is 38.8 Å². The van der Waals surface area contributed by atoms with E-state index in [0.717, 1.165) is 77.5 Å². The van der Waals surface area contributed by atoms with Gasteiger partial charge in [0.1, 0.15) is 0 Å². The number of hydrogen-bond donors (Lipinski definition) is 3. The number of amides is 1. The molecule has 0 spiro atoms. The molecular weight excluding hydrogens is 330 g/mol. The minimum atomic E-state index is 0.137. The first kappa shape index (κ1) is 20.7. The number of aliphatic imine (C=N–C) groups is 1. The van der Waals surface area contributed by atoms with E-state index in [4.69, 9.17) is 4.74 Å². The molecule has 7 heteroatoms. The van der Waals surface area contributed by atoms with Crippen LogP contribution in [0.2, 0.25) is 0 Å². The summed E-state index contributed by atoms with van der Waals surface area (Å²) in [6, 6.07) is 0.415. The molecule has 0 aromatic carbocycles. The van der Waals surface area contributed by atoms with Crippen molar-refractivity contribution >= 4 is 11.9 Å². The van der Waals surface area contributed by atoms with Crippen LogP contribution in [0.4, 0.5) is 0 Å². The molecule has 1 fully saturated rings. The zero-order chi connectivity index (χ0) is 18.6. The van der Waals surface area contributed by atoms with Gasteiger partial charge in [-0.15, -0.1) is 0 Å². The zero-order valence-electron chi connectivity index (χ0n) is 16.4. The summed E-state index contributed by atoms with van der Waals surface area (Å²) < 4.78 is 5.34. The van der Waals surface area contributed by atoms with Crippen LogP contribution in [0.25, 0.3) is 0 Å². The van der Waals surface area contributed by atoms with Crippen molar-refractivity contribution in [2.24, 2.45) is 4.99 Å².